The molecule has 0 aliphatic carbocycles. The molecule has 2 heterocycles. The number of benzene rings is 2. The summed E-state index contributed by atoms with van der Waals surface area (Å²) < 4.78 is 37.0. The highest BCUT2D eigenvalue weighted by molar-refractivity contribution is 9.10. The first-order valence-corrected chi connectivity index (χ1v) is 14.7. The van der Waals surface area contributed by atoms with Crippen LogP contribution in [-0.2, 0) is 21.1 Å². The summed E-state index contributed by atoms with van der Waals surface area (Å²) in [6, 6.07) is 10.4. The van der Waals surface area contributed by atoms with E-state index in [0.29, 0.717) is 50.6 Å². The van der Waals surface area contributed by atoms with E-state index in [0.717, 1.165) is 0 Å². The smallest absolute Gasteiger partial charge is 0.252 e. The molecule has 2 saturated heterocycles. The van der Waals surface area contributed by atoms with Crippen LogP contribution in [-0.4, -0.2) is 55.5 Å². The molecule has 7 nitrogen and oxygen atoms in total. The molecule has 1 amide bonds. The van der Waals surface area contributed by atoms with Crippen molar-refractivity contribution in [2.24, 2.45) is 4.99 Å². The fraction of sp³-hybridized carbons (Fsp3) is 0.391. The number of ether oxygens (including phenoxy) is 2. The molecule has 0 bridgehead atoms. The SMILES string of the molecule is CCOc1cc(Br)c(N2C(=NC(=O)Cc3ccccc3Cl)S[C@@H]3CS(=O)(=O)C[C@@H]32)cc1OCC. The molecule has 11 heteroatoms. The number of nitrogens with zero attached hydrogens (tertiary/aromatic N) is 2. The average molecular weight is 588 g/mol. The molecule has 2 aliphatic heterocycles. The summed E-state index contributed by atoms with van der Waals surface area (Å²) in [7, 11) is -3.19. The van der Waals surface area contributed by atoms with E-state index in [1.807, 2.05) is 24.8 Å². The Bertz CT molecular complexity index is 1240. The normalized spacial score (nSPS) is 22.1. The monoisotopic (exact) mass is 586 g/mol. The number of thioether (sulfide) groups is 1. The van der Waals surface area contributed by atoms with E-state index < -0.39 is 9.84 Å². The van der Waals surface area contributed by atoms with E-state index in [4.69, 9.17) is 21.1 Å². The fourth-order valence-corrected chi connectivity index (χ4v) is 8.68. The minimum absolute atomic E-state index is 0.00793. The molecule has 2 aromatic carbocycles. The first kappa shape index (κ1) is 25.3. The Morgan fingerprint density at radius 2 is 1.85 bits per heavy atom. The van der Waals surface area contributed by atoms with Gasteiger partial charge in [-0.25, -0.2) is 8.42 Å². The molecule has 0 aromatic heterocycles. The van der Waals surface area contributed by atoms with Crippen molar-refractivity contribution in [3.8, 4) is 11.5 Å². The Balaban J connectivity index is 1.73. The molecule has 0 N–H and O–H groups in total. The lowest BCUT2D eigenvalue weighted by atomic mass is 10.1. The van der Waals surface area contributed by atoms with E-state index in [1.54, 1.807) is 30.3 Å². The molecular formula is C23H24BrClN2O5S2. The number of hydrogen-bond acceptors (Lipinski definition) is 6. The molecule has 0 saturated carbocycles. The summed E-state index contributed by atoms with van der Waals surface area (Å²) in [5.74, 6) is 0.806. The number of anilines is 1. The molecule has 2 fully saturated rings. The van der Waals surface area contributed by atoms with Gasteiger partial charge in [-0.05, 0) is 41.4 Å². The van der Waals surface area contributed by atoms with Gasteiger partial charge in [-0.3, -0.25) is 4.79 Å². The van der Waals surface area contributed by atoms with Crippen LogP contribution < -0.4 is 14.4 Å². The molecule has 34 heavy (non-hydrogen) atoms. The third-order valence-electron chi connectivity index (χ3n) is 5.46. The number of aliphatic imine (C=N–C) groups is 1. The Morgan fingerprint density at radius 3 is 2.53 bits per heavy atom. The van der Waals surface area contributed by atoms with Crippen molar-refractivity contribution in [2.45, 2.75) is 31.6 Å². The number of hydrogen-bond donors (Lipinski definition) is 0. The van der Waals surface area contributed by atoms with Gasteiger partial charge < -0.3 is 14.4 Å². The standard InChI is InChI=1S/C23H24BrClN2O5S2/c1-3-31-19-10-15(24)17(11-20(19)32-4-2)27-18-12-34(29,30)13-21(18)33-23(27)26-22(28)9-14-7-5-6-8-16(14)25/h5-8,10-11,18,21H,3-4,9,12-13H2,1-2H3/t18-,21+/m0/s1. The van der Waals surface area contributed by atoms with Crippen LogP contribution in [0.4, 0.5) is 5.69 Å². The topological polar surface area (TPSA) is 85.3 Å². The number of amides is 1. The minimum Gasteiger partial charge on any atom is -0.490 e. The molecule has 2 aromatic rings. The summed E-state index contributed by atoms with van der Waals surface area (Å²) in [5, 5.41) is 0.755. The maximum atomic E-state index is 12.9. The van der Waals surface area contributed by atoms with Gasteiger partial charge in [-0.2, -0.15) is 4.99 Å². The van der Waals surface area contributed by atoms with Crippen LogP contribution in [0.25, 0.3) is 0 Å². The van der Waals surface area contributed by atoms with Crippen molar-refractivity contribution in [1.82, 2.24) is 0 Å². The Labute approximate surface area is 216 Å². The molecule has 0 radical (unpaired) electrons. The van der Waals surface area contributed by atoms with Gasteiger partial charge in [0.2, 0.25) is 0 Å². The Kier molecular flexibility index (Phi) is 7.81. The van der Waals surface area contributed by atoms with Gasteiger partial charge in [0.25, 0.3) is 5.91 Å². The predicted octanol–water partition coefficient (Wildman–Crippen LogP) is 4.74. The van der Waals surface area contributed by atoms with Gasteiger partial charge in [-0.15, -0.1) is 0 Å². The van der Waals surface area contributed by atoms with Crippen LogP contribution in [0.15, 0.2) is 45.9 Å². The van der Waals surface area contributed by atoms with Crippen LogP contribution in [0.2, 0.25) is 5.02 Å². The van der Waals surface area contributed by atoms with Crippen LogP contribution >= 0.6 is 39.3 Å². The number of fused-ring (bicyclic) bond motifs is 1. The van der Waals surface area contributed by atoms with Gasteiger partial charge in [0.15, 0.2) is 26.5 Å². The van der Waals surface area contributed by atoms with Crippen molar-refractivity contribution in [3.63, 3.8) is 0 Å². The molecular weight excluding hydrogens is 564 g/mol. The average Bonchev–Trinajstić information content (AvgIpc) is 3.22. The lowest BCUT2D eigenvalue weighted by Crippen LogP contribution is -2.38. The van der Waals surface area contributed by atoms with Gasteiger partial charge in [0.1, 0.15) is 0 Å². The van der Waals surface area contributed by atoms with Crippen LogP contribution in [0, 0.1) is 0 Å². The fourth-order valence-electron chi connectivity index (χ4n) is 4.04. The second kappa shape index (κ2) is 10.5. The zero-order valence-corrected chi connectivity index (χ0v) is 22.6. The zero-order valence-electron chi connectivity index (χ0n) is 18.7. The number of halogens is 2. The van der Waals surface area contributed by atoms with Crippen LogP contribution in [0.3, 0.4) is 0 Å². The molecule has 4 rings (SSSR count). The van der Waals surface area contributed by atoms with Gasteiger partial charge >= 0.3 is 0 Å². The first-order valence-electron chi connectivity index (χ1n) is 10.8. The largest absolute Gasteiger partial charge is 0.490 e. The van der Waals surface area contributed by atoms with Crippen molar-refractivity contribution >= 4 is 65.9 Å². The lowest BCUT2D eigenvalue weighted by Gasteiger charge is -2.27. The summed E-state index contributed by atoms with van der Waals surface area (Å²) in [4.78, 5) is 19.1. The summed E-state index contributed by atoms with van der Waals surface area (Å²) in [6.45, 7) is 4.67. The van der Waals surface area contributed by atoms with Crippen molar-refractivity contribution < 1.29 is 22.7 Å². The number of carbonyl (C=O) groups is 1. The first-order chi connectivity index (χ1) is 16.2. The van der Waals surface area contributed by atoms with Crippen LogP contribution in [0.5, 0.6) is 11.5 Å². The third-order valence-corrected chi connectivity index (χ3v) is 9.67. The molecule has 182 valence electrons. The van der Waals surface area contributed by atoms with E-state index >= 15 is 0 Å². The van der Waals surface area contributed by atoms with Gasteiger partial charge in [-0.1, -0.05) is 41.6 Å². The number of carbonyl (C=O) groups excluding carboxylic acids is 1. The second-order valence-electron chi connectivity index (χ2n) is 7.84. The summed E-state index contributed by atoms with van der Waals surface area (Å²) >= 11 is 11.1. The third kappa shape index (κ3) is 5.40. The lowest BCUT2D eigenvalue weighted by molar-refractivity contribution is -0.117. The highest BCUT2D eigenvalue weighted by Crippen LogP contribution is 2.46. The summed E-state index contributed by atoms with van der Waals surface area (Å²) in [5.41, 5.74) is 1.37. The maximum absolute atomic E-state index is 12.9. The van der Waals surface area contributed by atoms with Crippen molar-refractivity contribution in [1.29, 1.82) is 0 Å². The second-order valence-corrected chi connectivity index (χ2v) is 12.5. The van der Waals surface area contributed by atoms with E-state index in [-0.39, 0.29) is 35.1 Å². The zero-order chi connectivity index (χ0) is 24.5. The highest BCUT2D eigenvalue weighted by atomic mass is 79.9. The van der Waals surface area contributed by atoms with E-state index in [2.05, 4.69) is 20.9 Å². The maximum Gasteiger partial charge on any atom is 0.252 e. The molecule has 0 unspecified atom stereocenters. The Hall–Kier alpha value is -1.75. The molecule has 0 spiro atoms. The number of amidine groups is 1. The quantitative estimate of drug-likeness (QED) is 0.462. The highest BCUT2D eigenvalue weighted by Gasteiger charge is 2.50. The van der Waals surface area contributed by atoms with Crippen molar-refractivity contribution in [3.05, 3.63) is 51.5 Å². The number of sulfone groups is 1. The Morgan fingerprint density at radius 1 is 1.18 bits per heavy atom. The minimum atomic E-state index is -3.19. The van der Waals surface area contributed by atoms with E-state index in [9.17, 15) is 13.2 Å². The van der Waals surface area contributed by atoms with Crippen molar-refractivity contribution in [2.75, 3.05) is 29.6 Å². The number of rotatable bonds is 7. The van der Waals surface area contributed by atoms with E-state index in [1.165, 1.54) is 11.8 Å². The molecule has 2 atom stereocenters. The molecule has 2 aliphatic rings. The summed E-state index contributed by atoms with van der Waals surface area (Å²) in [6.07, 6.45) is 0.0554. The predicted molar refractivity (Wildman–Crippen MR) is 140 cm³/mol. The van der Waals surface area contributed by atoms with Gasteiger partial charge in [0.05, 0.1) is 42.9 Å². The van der Waals surface area contributed by atoms with Gasteiger partial charge in [0, 0.05) is 26.9 Å². The van der Waals surface area contributed by atoms with Crippen LogP contribution in [0.1, 0.15) is 19.4 Å².